The summed E-state index contributed by atoms with van der Waals surface area (Å²) in [6, 6.07) is 16.3. The Morgan fingerprint density at radius 1 is 0.688 bits per heavy atom. The molecule has 0 aliphatic carbocycles. The highest BCUT2D eigenvalue weighted by Crippen LogP contribution is 2.23. The van der Waals surface area contributed by atoms with Crippen LogP contribution in [0.5, 0.6) is 0 Å². The maximum atomic E-state index is 6.05. The number of nitrogens with zero attached hydrogens (tertiary/aromatic N) is 1. The molecule has 2 radical (unpaired) electrons. The number of aryl methyl sites for hydroxylation is 2. The Morgan fingerprint density at radius 3 is 1.31 bits per heavy atom. The lowest BCUT2D eigenvalue weighted by Gasteiger charge is -2.20. The van der Waals surface area contributed by atoms with E-state index in [1.807, 2.05) is 24.3 Å². The topological polar surface area (TPSA) is 3.24 Å². The van der Waals surface area contributed by atoms with E-state index in [0.717, 1.165) is 11.4 Å². The van der Waals surface area contributed by atoms with Crippen molar-refractivity contribution < 1.29 is 0 Å². The summed E-state index contributed by atoms with van der Waals surface area (Å²) >= 11 is 0. The number of benzene rings is 2. The molecule has 0 saturated heterocycles. The first-order valence-electron chi connectivity index (χ1n) is 5.35. The molecular weight excluding hydrogens is 193 g/mol. The van der Waals surface area contributed by atoms with E-state index in [4.69, 9.17) is 7.98 Å². The maximum Gasteiger partial charge on any atom is 0.234 e. The molecule has 0 amide bonds. The molecule has 78 valence electrons. The molecular formula is C14H14BN. The molecule has 0 heterocycles. The zero-order chi connectivity index (χ0) is 11.5. The summed E-state index contributed by atoms with van der Waals surface area (Å²) in [7, 11) is 6.05. The molecule has 0 atom stereocenters. The van der Waals surface area contributed by atoms with Gasteiger partial charge in [0.15, 0.2) is 0 Å². The lowest BCUT2D eigenvalue weighted by atomic mass is 10.1. The average molecular weight is 207 g/mol. The van der Waals surface area contributed by atoms with Crippen molar-refractivity contribution in [3.63, 3.8) is 0 Å². The van der Waals surface area contributed by atoms with E-state index in [0.29, 0.717) is 0 Å². The van der Waals surface area contributed by atoms with Crippen LogP contribution in [0.1, 0.15) is 11.1 Å². The van der Waals surface area contributed by atoms with Crippen molar-refractivity contribution in [1.29, 1.82) is 0 Å². The van der Waals surface area contributed by atoms with E-state index in [-0.39, 0.29) is 0 Å². The highest BCUT2D eigenvalue weighted by molar-refractivity contribution is 6.22. The zero-order valence-electron chi connectivity index (χ0n) is 9.64. The molecule has 1 nitrogen and oxygen atoms in total. The van der Waals surface area contributed by atoms with Crippen LogP contribution in [0, 0.1) is 13.8 Å². The highest BCUT2D eigenvalue weighted by atomic mass is 15.0. The molecule has 0 N–H and O–H groups in total. The number of rotatable bonds is 2. The van der Waals surface area contributed by atoms with Gasteiger partial charge >= 0.3 is 0 Å². The van der Waals surface area contributed by atoms with Crippen LogP contribution in [0.2, 0.25) is 0 Å². The fraction of sp³-hybridized carbons (Fsp3) is 0.143. The van der Waals surface area contributed by atoms with Crippen LogP contribution >= 0.6 is 0 Å². The number of hydrogen-bond donors (Lipinski definition) is 0. The van der Waals surface area contributed by atoms with Crippen molar-refractivity contribution in [2.75, 3.05) is 4.81 Å². The zero-order valence-corrected chi connectivity index (χ0v) is 9.64. The summed E-state index contributed by atoms with van der Waals surface area (Å²) in [5, 5.41) is 0. The van der Waals surface area contributed by atoms with E-state index < -0.39 is 0 Å². The van der Waals surface area contributed by atoms with Crippen molar-refractivity contribution in [2.24, 2.45) is 0 Å². The van der Waals surface area contributed by atoms with E-state index >= 15 is 0 Å². The summed E-state index contributed by atoms with van der Waals surface area (Å²) in [5.74, 6) is 0. The second kappa shape index (κ2) is 4.44. The predicted octanol–water partition coefficient (Wildman–Crippen LogP) is 3.53. The molecule has 0 fully saturated rings. The van der Waals surface area contributed by atoms with Gasteiger partial charge in [-0.05, 0) is 38.1 Å². The molecule has 0 aromatic heterocycles. The Hall–Kier alpha value is -1.70. The molecule has 2 aromatic carbocycles. The van der Waals surface area contributed by atoms with Crippen LogP contribution in [0.25, 0.3) is 0 Å². The summed E-state index contributed by atoms with van der Waals surface area (Å²) in [4.78, 5) is 1.69. The van der Waals surface area contributed by atoms with E-state index in [9.17, 15) is 0 Å². The summed E-state index contributed by atoms with van der Waals surface area (Å²) in [6.45, 7) is 4.13. The first-order chi connectivity index (χ1) is 7.66. The standard InChI is InChI=1S/C14H14BN/c1-11-3-7-13(8-4-11)16(15)14-9-5-12(2)6-10-14/h3-10H,1-2H3. The highest BCUT2D eigenvalue weighted by Gasteiger charge is 2.02. The van der Waals surface area contributed by atoms with Gasteiger partial charge in [-0.25, -0.2) is 0 Å². The smallest absolute Gasteiger partial charge is 0.234 e. The van der Waals surface area contributed by atoms with Gasteiger partial charge in [-0.1, -0.05) is 35.4 Å². The molecule has 2 aromatic rings. The van der Waals surface area contributed by atoms with Crippen LogP contribution in [0.4, 0.5) is 11.4 Å². The molecule has 0 aliphatic heterocycles. The lowest BCUT2D eigenvalue weighted by Crippen LogP contribution is -2.11. The second-order valence-corrected chi connectivity index (χ2v) is 4.04. The van der Waals surface area contributed by atoms with Gasteiger partial charge in [0.2, 0.25) is 7.98 Å². The Labute approximate surface area is 98.2 Å². The van der Waals surface area contributed by atoms with E-state index in [2.05, 4.69) is 38.1 Å². The van der Waals surface area contributed by atoms with Gasteiger partial charge in [0.05, 0.1) is 0 Å². The van der Waals surface area contributed by atoms with Gasteiger partial charge < -0.3 is 4.81 Å². The van der Waals surface area contributed by atoms with Crippen LogP contribution in [-0.4, -0.2) is 7.98 Å². The van der Waals surface area contributed by atoms with Gasteiger partial charge in [0.25, 0.3) is 0 Å². The second-order valence-electron chi connectivity index (χ2n) is 4.04. The molecule has 0 aliphatic rings. The predicted molar refractivity (Wildman–Crippen MR) is 70.3 cm³/mol. The summed E-state index contributed by atoms with van der Waals surface area (Å²) in [6.07, 6.45) is 0. The van der Waals surface area contributed by atoms with Crippen LogP contribution in [0.15, 0.2) is 48.5 Å². The normalized spacial score (nSPS) is 10.1. The van der Waals surface area contributed by atoms with E-state index in [1.54, 1.807) is 4.81 Å². The quantitative estimate of drug-likeness (QED) is 0.681. The van der Waals surface area contributed by atoms with Crippen LogP contribution in [-0.2, 0) is 0 Å². The minimum absolute atomic E-state index is 0.995. The van der Waals surface area contributed by atoms with Gasteiger partial charge in [-0.3, -0.25) is 0 Å². The van der Waals surface area contributed by atoms with Gasteiger partial charge in [-0.2, -0.15) is 0 Å². The van der Waals surface area contributed by atoms with Gasteiger partial charge in [-0.15, -0.1) is 0 Å². The van der Waals surface area contributed by atoms with Gasteiger partial charge in [0, 0.05) is 11.4 Å². The minimum atomic E-state index is 0.995. The maximum absolute atomic E-state index is 6.05. The van der Waals surface area contributed by atoms with Crippen molar-refractivity contribution in [3.8, 4) is 0 Å². The van der Waals surface area contributed by atoms with Crippen molar-refractivity contribution in [2.45, 2.75) is 13.8 Å². The largest absolute Gasteiger partial charge is 0.398 e. The Bertz CT molecular complexity index is 414. The first-order valence-corrected chi connectivity index (χ1v) is 5.35. The first kappa shape index (κ1) is 10.8. The number of hydrogen-bond acceptors (Lipinski definition) is 1. The monoisotopic (exact) mass is 207 g/mol. The number of anilines is 2. The molecule has 0 bridgehead atoms. The Kier molecular flexibility index (Phi) is 3.00. The molecule has 2 heteroatoms. The molecule has 0 unspecified atom stereocenters. The lowest BCUT2D eigenvalue weighted by molar-refractivity contribution is 1.37. The SMILES string of the molecule is [B]N(c1ccc(C)cc1)c1ccc(C)cc1. The third-order valence-electron chi connectivity index (χ3n) is 2.62. The van der Waals surface area contributed by atoms with Crippen molar-refractivity contribution >= 4 is 19.4 Å². The van der Waals surface area contributed by atoms with Gasteiger partial charge in [0.1, 0.15) is 0 Å². The summed E-state index contributed by atoms with van der Waals surface area (Å²) in [5.41, 5.74) is 4.46. The molecule has 2 rings (SSSR count). The molecule has 16 heavy (non-hydrogen) atoms. The summed E-state index contributed by atoms with van der Waals surface area (Å²) < 4.78 is 0. The molecule has 0 saturated carbocycles. The Morgan fingerprint density at radius 2 is 1.00 bits per heavy atom. The minimum Gasteiger partial charge on any atom is -0.398 e. The van der Waals surface area contributed by atoms with Crippen LogP contribution in [0.3, 0.4) is 0 Å². The molecule has 0 spiro atoms. The fourth-order valence-corrected chi connectivity index (χ4v) is 1.56. The third-order valence-corrected chi connectivity index (χ3v) is 2.62. The Balaban J connectivity index is 2.28. The van der Waals surface area contributed by atoms with Crippen LogP contribution < -0.4 is 4.81 Å². The average Bonchev–Trinajstić information content (AvgIpc) is 2.30. The van der Waals surface area contributed by atoms with Crippen molar-refractivity contribution in [3.05, 3.63) is 59.7 Å². The van der Waals surface area contributed by atoms with E-state index in [1.165, 1.54) is 11.1 Å². The third kappa shape index (κ3) is 2.27. The fourth-order valence-electron chi connectivity index (χ4n) is 1.56. The van der Waals surface area contributed by atoms with Crippen molar-refractivity contribution in [1.82, 2.24) is 0 Å².